The van der Waals surface area contributed by atoms with Crippen molar-refractivity contribution in [2.75, 3.05) is 0 Å². The summed E-state index contributed by atoms with van der Waals surface area (Å²) >= 11 is 4.26. The van der Waals surface area contributed by atoms with Crippen LogP contribution in [0.15, 0.2) is 59.6 Å². The van der Waals surface area contributed by atoms with E-state index in [9.17, 15) is 0 Å². The van der Waals surface area contributed by atoms with Gasteiger partial charge in [0.2, 0.25) is 0 Å². The topological polar surface area (TPSA) is 12.9 Å². The molecule has 0 aliphatic rings. The van der Waals surface area contributed by atoms with E-state index in [-0.39, 0.29) is 18.9 Å². The van der Waals surface area contributed by atoms with Crippen molar-refractivity contribution in [2.24, 2.45) is 0 Å². The van der Waals surface area contributed by atoms with Gasteiger partial charge in [0.1, 0.15) is 0 Å². The maximum absolute atomic E-state index is 5.60. The number of benzene rings is 1. The van der Waals surface area contributed by atoms with Crippen LogP contribution < -0.4 is 22.7 Å². The van der Waals surface area contributed by atoms with Crippen molar-refractivity contribution >= 4 is 44.8 Å². The van der Waals surface area contributed by atoms with E-state index < -0.39 is 19.3 Å². The molecule has 0 aliphatic heterocycles. The number of pyridine rings is 1. The Morgan fingerprint density at radius 2 is 1.62 bits per heavy atom. The van der Waals surface area contributed by atoms with Gasteiger partial charge in [-0.25, -0.2) is 0 Å². The van der Waals surface area contributed by atoms with E-state index in [4.69, 9.17) is 21.7 Å². The predicted molar refractivity (Wildman–Crippen MR) is 67.6 cm³/mol. The molecule has 1 nitrogen and oxygen atoms in total. The zero-order chi connectivity index (χ0) is 10.9. The molecule has 0 aliphatic carbocycles. The number of hydrogen-bond donors (Lipinski definition) is 0. The van der Waals surface area contributed by atoms with Crippen LogP contribution in [0, 0.1) is 0 Å². The molecule has 2 aromatic rings. The first-order valence-electron chi connectivity index (χ1n) is 4.51. The van der Waals surface area contributed by atoms with Crippen molar-refractivity contribution in [3.05, 3.63) is 54.7 Å². The van der Waals surface area contributed by atoms with Gasteiger partial charge in [0.05, 0.1) is 0 Å². The van der Waals surface area contributed by atoms with Gasteiger partial charge in [-0.15, -0.1) is 0 Å². The second kappa shape index (κ2) is 10.4. The van der Waals surface area contributed by atoms with E-state index in [1.54, 1.807) is 6.20 Å². The van der Waals surface area contributed by atoms with E-state index in [1.807, 2.05) is 48.5 Å². The third-order valence-corrected chi connectivity index (χ3v) is 3.39. The molecule has 0 spiro atoms. The molecule has 2 rings (SSSR count). The van der Waals surface area contributed by atoms with E-state index in [2.05, 4.69) is 4.98 Å². The first kappa shape index (κ1) is 16.2. The Labute approximate surface area is 127 Å². The maximum Gasteiger partial charge on any atom is 1.00 e. The van der Waals surface area contributed by atoms with Crippen LogP contribution in [0.5, 0.6) is 0 Å². The fraction of sp³-hybridized carbons (Fsp3) is 0. The minimum atomic E-state index is -0.548. The molecule has 0 unspecified atom stereocenters. The van der Waals surface area contributed by atoms with Crippen molar-refractivity contribution in [1.82, 2.24) is 4.98 Å². The Kier molecular flexibility index (Phi) is 10.6. The Morgan fingerprint density at radius 1 is 1.00 bits per heavy atom. The third kappa shape index (κ3) is 7.51. The summed E-state index contributed by atoms with van der Waals surface area (Å²) in [6, 6.07) is 15.4. The van der Waals surface area contributed by atoms with Gasteiger partial charge in [-0.2, -0.15) is 4.90 Å². The second-order valence-electron chi connectivity index (χ2n) is 2.77. The van der Waals surface area contributed by atoms with Crippen LogP contribution in [0.25, 0.3) is 0 Å². The van der Waals surface area contributed by atoms with Gasteiger partial charge < -0.3 is 21.7 Å². The van der Waals surface area contributed by atoms with Gasteiger partial charge in [-0.05, 0) is 6.07 Å². The summed E-state index contributed by atoms with van der Waals surface area (Å²) < 4.78 is 1.06. The van der Waals surface area contributed by atoms with Crippen LogP contribution in [0.4, 0.5) is 0 Å². The third-order valence-electron chi connectivity index (χ3n) is 1.61. The van der Waals surface area contributed by atoms with Crippen molar-refractivity contribution in [1.29, 1.82) is 0 Å². The zero-order valence-electron chi connectivity index (χ0n) is 9.14. The van der Waals surface area contributed by atoms with Crippen LogP contribution in [0.2, 0.25) is 0 Å². The van der Waals surface area contributed by atoms with Crippen LogP contribution in [-0.2, 0) is 12.6 Å². The monoisotopic (exact) mass is 253 g/mol. The summed E-state index contributed by atoms with van der Waals surface area (Å²) in [7, 11) is 5.60. The fourth-order valence-electron chi connectivity index (χ4n) is 0.898. The van der Waals surface area contributed by atoms with Crippen LogP contribution >= 0.6 is 9.07 Å². The fourth-order valence-corrected chi connectivity index (χ4v) is 1.93. The zero-order valence-corrected chi connectivity index (χ0v) is 12.1. The quantitative estimate of drug-likeness (QED) is 0.486. The largest absolute Gasteiger partial charge is 1.00 e. The molecular formula is C11H9ClLiMgNS. The second-order valence-corrected chi connectivity index (χ2v) is 5.03. The Hall–Kier alpha value is 0.244. The first-order chi connectivity index (χ1) is 7.33. The van der Waals surface area contributed by atoms with Crippen molar-refractivity contribution < 1.29 is 18.9 Å². The van der Waals surface area contributed by atoms with E-state index in [0.29, 0.717) is 0 Å². The summed E-state index contributed by atoms with van der Waals surface area (Å²) in [6.07, 6.45) is 1.77. The Balaban J connectivity index is 0.000000267. The predicted octanol–water partition coefficient (Wildman–Crippen LogP) is -0.839. The molecule has 0 fully saturated rings. The van der Waals surface area contributed by atoms with Crippen LogP contribution in [0.1, 0.15) is 0 Å². The molecule has 0 N–H and O–H groups in total. The number of aromatic nitrogens is 1. The summed E-state index contributed by atoms with van der Waals surface area (Å²) in [5, 5.41) is 0. The number of halogens is 1. The van der Waals surface area contributed by atoms with E-state index in [1.165, 1.54) is 0 Å². The SMILES string of the molecule is [Cl][Mg][c]1ccccn1.[Li+].[S-]c1ccccc1. The molecule has 1 aromatic carbocycles. The van der Waals surface area contributed by atoms with Crippen molar-refractivity contribution in [3.63, 3.8) is 0 Å². The van der Waals surface area contributed by atoms with Crippen LogP contribution in [0.3, 0.4) is 0 Å². The molecule has 0 radical (unpaired) electrons. The molecule has 1 aromatic heterocycles. The summed E-state index contributed by atoms with van der Waals surface area (Å²) in [5.41, 5.74) is 0. The molecule has 0 amide bonds. The molecule has 0 bridgehead atoms. The van der Waals surface area contributed by atoms with E-state index in [0.717, 1.165) is 8.72 Å². The van der Waals surface area contributed by atoms with Crippen LogP contribution in [-0.4, -0.2) is 24.2 Å². The molecular weight excluding hydrogens is 245 g/mol. The van der Waals surface area contributed by atoms with Crippen molar-refractivity contribution in [2.45, 2.75) is 4.90 Å². The summed E-state index contributed by atoms with van der Waals surface area (Å²) in [6.45, 7) is 0. The van der Waals surface area contributed by atoms with Gasteiger partial charge >= 0.3 is 38.1 Å². The van der Waals surface area contributed by atoms with Gasteiger partial charge in [0.15, 0.2) is 0 Å². The molecule has 74 valence electrons. The van der Waals surface area contributed by atoms with Gasteiger partial charge in [-0.3, -0.25) is 4.98 Å². The summed E-state index contributed by atoms with van der Waals surface area (Å²) in [4.78, 5) is 4.93. The minimum Gasteiger partial charge on any atom is -0.780 e. The minimum absolute atomic E-state index is 0. The van der Waals surface area contributed by atoms with Gasteiger partial charge in [0, 0.05) is 6.20 Å². The molecule has 0 saturated heterocycles. The molecule has 0 atom stereocenters. The molecule has 16 heavy (non-hydrogen) atoms. The van der Waals surface area contributed by atoms with E-state index >= 15 is 0 Å². The number of hydrogen-bond acceptors (Lipinski definition) is 2. The van der Waals surface area contributed by atoms with Crippen molar-refractivity contribution in [3.8, 4) is 0 Å². The Morgan fingerprint density at radius 3 is 1.94 bits per heavy atom. The average molecular weight is 254 g/mol. The summed E-state index contributed by atoms with van der Waals surface area (Å²) in [5.74, 6) is 0. The maximum atomic E-state index is 5.60. The normalized spacial score (nSPS) is 7.81. The molecule has 5 heteroatoms. The van der Waals surface area contributed by atoms with Gasteiger partial charge in [0.25, 0.3) is 0 Å². The Bertz CT molecular complexity index is 374. The van der Waals surface area contributed by atoms with Gasteiger partial charge in [-0.1, -0.05) is 46.3 Å². The standard InChI is InChI=1S/C6H6S.C5H4N.ClH.Li.Mg/c7-6-4-2-1-3-5-6;1-2-4-6-5-3-1;;;/h1-5,7H;1-4H;1H;;/q;;;2*+1/p-2. The molecule has 1 heterocycles. The number of nitrogens with zero attached hydrogens (tertiary/aromatic N) is 1. The average Bonchev–Trinajstić information content (AvgIpc) is 2.32. The number of rotatable bonds is 1. The molecule has 0 saturated carbocycles. The smallest absolute Gasteiger partial charge is 0.780 e. The first-order valence-corrected chi connectivity index (χ1v) is 7.76.